The number of nitrogens with one attached hydrogen (secondary N) is 1. The summed E-state index contributed by atoms with van der Waals surface area (Å²) in [6.07, 6.45) is 0.785. The number of hydrogen-bond donors (Lipinski definition) is 1. The summed E-state index contributed by atoms with van der Waals surface area (Å²) in [5, 5.41) is 21.3. The number of anilines is 1. The lowest BCUT2D eigenvalue weighted by atomic mass is 10.1. The molecule has 1 fully saturated rings. The number of rotatable bonds is 9. The summed E-state index contributed by atoms with van der Waals surface area (Å²) in [7, 11) is 2.87. The number of esters is 1. The summed E-state index contributed by atoms with van der Waals surface area (Å²) in [6, 6.07) is 8.49. The van der Waals surface area contributed by atoms with E-state index in [0.717, 1.165) is 6.42 Å². The third-order valence-corrected chi connectivity index (χ3v) is 5.57. The van der Waals surface area contributed by atoms with Crippen LogP contribution in [-0.4, -0.2) is 41.2 Å². The molecule has 182 valence electrons. The fourth-order valence-corrected chi connectivity index (χ4v) is 3.42. The van der Waals surface area contributed by atoms with Crippen LogP contribution in [-0.2, 0) is 16.1 Å². The van der Waals surface area contributed by atoms with Gasteiger partial charge in [0.2, 0.25) is 11.8 Å². The number of nitro benzene ring substituents is 1. The fraction of sp³-hybridized carbons (Fsp3) is 0.304. The van der Waals surface area contributed by atoms with Gasteiger partial charge in [-0.05, 0) is 24.5 Å². The second kappa shape index (κ2) is 9.79. The highest BCUT2D eigenvalue weighted by atomic mass is 16.6. The molecule has 0 spiro atoms. The van der Waals surface area contributed by atoms with Gasteiger partial charge < -0.3 is 23.9 Å². The number of aromatic nitrogens is 2. The first-order valence-corrected chi connectivity index (χ1v) is 10.6. The molecule has 1 aliphatic carbocycles. The minimum Gasteiger partial charge on any atom is -0.493 e. The molecule has 2 atom stereocenters. The number of nitro groups is 1. The molecule has 1 aromatic heterocycles. The Balaban J connectivity index is 1.49. The van der Waals surface area contributed by atoms with Gasteiger partial charge in [-0.3, -0.25) is 14.9 Å². The lowest BCUT2D eigenvalue weighted by molar-refractivity contribution is -0.384. The standard InChI is InChI=1S/C23H22N4O8/c1-12-8-15(12)21(28)24-17-10-19(33-3)18(32-2)9-16(17)23(29)34-11-20-25-26-22(35-20)13-4-6-14(7-5-13)27(30)31/h4-7,9-10,12,15H,8,11H2,1-3H3,(H,24,28). The van der Waals surface area contributed by atoms with Crippen LogP contribution in [0, 0.1) is 22.0 Å². The maximum Gasteiger partial charge on any atom is 0.340 e. The number of amides is 1. The fourth-order valence-electron chi connectivity index (χ4n) is 3.42. The molecule has 2 unspecified atom stereocenters. The molecule has 0 saturated heterocycles. The Morgan fingerprint density at radius 1 is 1.14 bits per heavy atom. The Hall–Kier alpha value is -4.48. The van der Waals surface area contributed by atoms with Gasteiger partial charge in [-0.15, -0.1) is 10.2 Å². The van der Waals surface area contributed by atoms with Gasteiger partial charge >= 0.3 is 5.97 Å². The second-order valence-electron chi connectivity index (χ2n) is 7.94. The van der Waals surface area contributed by atoms with Gasteiger partial charge in [0.1, 0.15) is 0 Å². The topological polar surface area (TPSA) is 156 Å². The van der Waals surface area contributed by atoms with Crippen LogP contribution in [0.25, 0.3) is 11.5 Å². The summed E-state index contributed by atoms with van der Waals surface area (Å²) < 4.78 is 21.4. The number of nitrogens with zero attached hydrogens (tertiary/aromatic N) is 3. The van der Waals surface area contributed by atoms with E-state index in [4.69, 9.17) is 18.6 Å². The van der Waals surface area contributed by atoms with Crippen molar-refractivity contribution in [2.75, 3.05) is 19.5 Å². The first-order valence-electron chi connectivity index (χ1n) is 10.6. The molecule has 2 aromatic carbocycles. The highest BCUT2D eigenvalue weighted by molar-refractivity contribution is 6.03. The van der Waals surface area contributed by atoms with E-state index in [1.54, 1.807) is 0 Å². The number of non-ortho nitro benzene ring substituents is 1. The number of ether oxygens (including phenoxy) is 3. The zero-order valence-corrected chi connectivity index (χ0v) is 19.1. The molecule has 1 aliphatic rings. The van der Waals surface area contributed by atoms with Crippen molar-refractivity contribution in [1.29, 1.82) is 0 Å². The van der Waals surface area contributed by atoms with E-state index < -0.39 is 10.9 Å². The summed E-state index contributed by atoms with van der Waals surface area (Å²) in [5.74, 6) is -0.00344. The van der Waals surface area contributed by atoms with Crippen molar-refractivity contribution in [2.45, 2.75) is 20.0 Å². The highest BCUT2D eigenvalue weighted by Gasteiger charge is 2.39. The summed E-state index contributed by atoms with van der Waals surface area (Å²) in [4.78, 5) is 35.7. The predicted molar refractivity (Wildman–Crippen MR) is 121 cm³/mol. The molecule has 1 amide bonds. The Morgan fingerprint density at radius 2 is 1.80 bits per heavy atom. The van der Waals surface area contributed by atoms with Gasteiger partial charge in [-0.1, -0.05) is 6.92 Å². The highest BCUT2D eigenvalue weighted by Crippen LogP contribution is 2.40. The van der Waals surface area contributed by atoms with Crippen LogP contribution in [0.1, 0.15) is 29.6 Å². The number of carbonyl (C=O) groups is 2. The minimum absolute atomic E-state index is 0.0181. The van der Waals surface area contributed by atoms with Crippen molar-refractivity contribution < 1.29 is 33.1 Å². The monoisotopic (exact) mass is 482 g/mol. The first kappa shape index (κ1) is 23.7. The third kappa shape index (κ3) is 5.21. The van der Waals surface area contributed by atoms with Crippen molar-refractivity contribution in [1.82, 2.24) is 10.2 Å². The normalized spacial score (nSPS) is 16.3. The van der Waals surface area contributed by atoms with Crippen LogP contribution < -0.4 is 14.8 Å². The van der Waals surface area contributed by atoms with E-state index in [-0.39, 0.29) is 58.8 Å². The van der Waals surface area contributed by atoms with E-state index in [9.17, 15) is 19.7 Å². The second-order valence-corrected chi connectivity index (χ2v) is 7.94. The Labute approximate surface area is 199 Å². The van der Waals surface area contributed by atoms with Gasteiger partial charge in [0, 0.05) is 35.7 Å². The number of methoxy groups -OCH3 is 2. The molecule has 35 heavy (non-hydrogen) atoms. The summed E-state index contributed by atoms with van der Waals surface area (Å²) in [6.45, 7) is 1.64. The average Bonchev–Trinajstić information content (AvgIpc) is 3.41. The largest absolute Gasteiger partial charge is 0.493 e. The van der Waals surface area contributed by atoms with Crippen LogP contribution in [0.4, 0.5) is 11.4 Å². The van der Waals surface area contributed by atoms with Crippen molar-refractivity contribution >= 4 is 23.3 Å². The summed E-state index contributed by atoms with van der Waals surface area (Å²) >= 11 is 0. The van der Waals surface area contributed by atoms with Crippen LogP contribution in [0.2, 0.25) is 0 Å². The van der Waals surface area contributed by atoms with Crippen LogP contribution in [0.3, 0.4) is 0 Å². The van der Waals surface area contributed by atoms with Gasteiger partial charge in [-0.25, -0.2) is 4.79 Å². The van der Waals surface area contributed by atoms with Gasteiger partial charge in [0.05, 0.1) is 30.4 Å². The van der Waals surface area contributed by atoms with Crippen LogP contribution >= 0.6 is 0 Å². The van der Waals surface area contributed by atoms with Gasteiger partial charge in [0.15, 0.2) is 18.1 Å². The zero-order valence-electron chi connectivity index (χ0n) is 19.1. The Morgan fingerprint density at radius 3 is 2.40 bits per heavy atom. The predicted octanol–water partition coefficient (Wildman–Crippen LogP) is 3.61. The van der Waals surface area contributed by atoms with E-state index in [1.165, 1.54) is 50.6 Å². The molecule has 12 nitrogen and oxygen atoms in total. The minimum atomic E-state index is -0.750. The molecule has 1 heterocycles. The molecule has 4 rings (SSSR count). The first-order chi connectivity index (χ1) is 16.8. The zero-order chi connectivity index (χ0) is 25.1. The van der Waals surface area contributed by atoms with Crippen molar-refractivity contribution in [3.63, 3.8) is 0 Å². The van der Waals surface area contributed by atoms with Crippen LogP contribution in [0.5, 0.6) is 11.5 Å². The molecular weight excluding hydrogens is 460 g/mol. The third-order valence-electron chi connectivity index (χ3n) is 5.57. The van der Waals surface area contributed by atoms with Crippen molar-refractivity contribution in [2.24, 2.45) is 11.8 Å². The molecule has 0 aliphatic heterocycles. The summed E-state index contributed by atoms with van der Waals surface area (Å²) in [5.41, 5.74) is 0.699. The van der Waals surface area contributed by atoms with E-state index in [2.05, 4.69) is 15.5 Å². The molecule has 0 radical (unpaired) electrons. The lowest BCUT2D eigenvalue weighted by Crippen LogP contribution is -2.18. The molecule has 0 bridgehead atoms. The number of carbonyl (C=O) groups excluding carboxylic acids is 2. The van der Waals surface area contributed by atoms with Gasteiger partial charge in [0.25, 0.3) is 11.6 Å². The van der Waals surface area contributed by atoms with Gasteiger partial charge in [-0.2, -0.15) is 0 Å². The van der Waals surface area contributed by atoms with Crippen molar-refractivity contribution in [3.05, 3.63) is 58.0 Å². The average molecular weight is 482 g/mol. The van der Waals surface area contributed by atoms with E-state index >= 15 is 0 Å². The van der Waals surface area contributed by atoms with Crippen molar-refractivity contribution in [3.8, 4) is 23.0 Å². The lowest BCUT2D eigenvalue weighted by Gasteiger charge is -2.15. The quantitative estimate of drug-likeness (QED) is 0.271. The number of hydrogen-bond acceptors (Lipinski definition) is 10. The molecule has 12 heteroatoms. The molecule has 1 saturated carbocycles. The Bertz CT molecular complexity index is 1270. The molecule has 3 aromatic rings. The van der Waals surface area contributed by atoms with Crippen LogP contribution in [0.15, 0.2) is 40.8 Å². The number of benzene rings is 2. The maximum absolute atomic E-state index is 12.9. The molecular formula is C23H22N4O8. The van der Waals surface area contributed by atoms with E-state index in [1.807, 2.05) is 6.92 Å². The SMILES string of the molecule is COc1cc(NC(=O)C2CC2C)c(C(=O)OCc2nnc(-c3ccc([N+](=O)[O-])cc3)o2)cc1OC. The maximum atomic E-state index is 12.9. The smallest absolute Gasteiger partial charge is 0.340 e. The molecule has 1 N–H and O–H groups in total. The Kier molecular flexibility index (Phi) is 6.62. The van der Waals surface area contributed by atoms with E-state index in [0.29, 0.717) is 11.3 Å².